The van der Waals surface area contributed by atoms with Crippen LogP contribution in [0.3, 0.4) is 0 Å². The summed E-state index contributed by atoms with van der Waals surface area (Å²) < 4.78 is 0. The lowest BCUT2D eigenvalue weighted by Crippen LogP contribution is -2.42. The van der Waals surface area contributed by atoms with Gasteiger partial charge in [0, 0.05) is 32.2 Å². The Labute approximate surface area is 143 Å². The number of nitrogens with zero attached hydrogens (tertiary/aromatic N) is 1. The van der Waals surface area contributed by atoms with Crippen molar-refractivity contribution < 1.29 is 9.90 Å². The molecular formula is C20H24N2O2. The summed E-state index contributed by atoms with van der Waals surface area (Å²) in [6, 6.07) is 16.2. The monoisotopic (exact) mass is 324 g/mol. The van der Waals surface area contributed by atoms with E-state index in [4.69, 9.17) is 5.11 Å². The van der Waals surface area contributed by atoms with E-state index < -0.39 is 5.97 Å². The normalized spacial score (nSPS) is 15.7. The fourth-order valence-electron chi connectivity index (χ4n) is 3.26. The van der Waals surface area contributed by atoms with Crippen molar-refractivity contribution in [2.45, 2.75) is 32.5 Å². The predicted molar refractivity (Wildman–Crippen MR) is 95.1 cm³/mol. The molecule has 4 heteroatoms. The highest BCUT2D eigenvalue weighted by Crippen LogP contribution is 2.20. The molecule has 0 aliphatic carbocycles. The summed E-state index contributed by atoms with van der Waals surface area (Å²) in [5.41, 5.74) is 4.25. The number of hydrogen-bond acceptors (Lipinski definition) is 3. The molecule has 0 aromatic heterocycles. The van der Waals surface area contributed by atoms with Crippen molar-refractivity contribution in [3.8, 4) is 0 Å². The van der Waals surface area contributed by atoms with Crippen molar-refractivity contribution in [3.63, 3.8) is 0 Å². The van der Waals surface area contributed by atoms with Gasteiger partial charge in [0.05, 0.1) is 5.56 Å². The Kier molecular flexibility index (Phi) is 5.28. The molecule has 3 rings (SSSR count). The van der Waals surface area contributed by atoms with Gasteiger partial charge in [-0.05, 0) is 42.2 Å². The molecule has 0 bridgehead atoms. The van der Waals surface area contributed by atoms with Gasteiger partial charge in [0.25, 0.3) is 0 Å². The second kappa shape index (κ2) is 7.60. The Balaban J connectivity index is 1.50. The van der Waals surface area contributed by atoms with Crippen molar-refractivity contribution in [1.82, 2.24) is 10.2 Å². The molecule has 2 N–H and O–H groups in total. The number of fused-ring (bicyclic) bond motifs is 1. The van der Waals surface area contributed by atoms with Crippen LogP contribution in [-0.2, 0) is 19.5 Å². The molecule has 4 nitrogen and oxygen atoms in total. The van der Waals surface area contributed by atoms with E-state index in [2.05, 4.69) is 41.4 Å². The minimum atomic E-state index is -0.878. The van der Waals surface area contributed by atoms with E-state index in [0.717, 1.165) is 31.6 Å². The Morgan fingerprint density at radius 3 is 2.79 bits per heavy atom. The number of nitrogens with one attached hydrogen (secondary N) is 1. The summed E-state index contributed by atoms with van der Waals surface area (Å²) in [5.74, 6) is -0.878. The van der Waals surface area contributed by atoms with Crippen LogP contribution >= 0.6 is 0 Å². The molecule has 1 unspecified atom stereocenters. The van der Waals surface area contributed by atoms with E-state index in [-0.39, 0.29) is 0 Å². The molecule has 1 aliphatic heterocycles. The Bertz CT molecular complexity index is 714. The zero-order valence-electron chi connectivity index (χ0n) is 14.0. The average molecular weight is 324 g/mol. The van der Waals surface area contributed by atoms with Crippen LogP contribution in [0.4, 0.5) is 0 Å². The average Bonchev–Trinajstić information content (AvgIpc) is 2.61. The first-order valence-electron chi connectivity index (χ1n) is 8.47. The Morgan fingerprint density at radius 1 is 1.21 bits per heavy atom. The first-order chi connectivity index (χ1) is 11.6. The van der Waals surface area contributed by atoms with E-state index in [0.29, 0.717) is 18.2 Å². The largest absolute Gasteiger partial charge is 0.478 e. The maximum Gasteiger partial charge on any atom is 0.335 e. The van der Waals surface area contributed by atoms with Gasteiger partial charge < -0.3 is 10.4 Å². The number of aromatic carboxylic acids is 1. The van der Waals surface area contributed by atoms with Gasteiger partial charge in [-0.25, -0.2) is 4.79 Å². The lowest BCUT2D eigenvalue weighted by atomic mass is 9.99. The van der Waals surface area contributed by atoms with Crippen LogP contribution in [0.2, 0.25) is 0 Å². The topological polar surface area (TPSA) is 52.6 Å². The first kappa shape index (κ1) is 16.7. The molecule has 0 saturated heterocycles. The zero-order valence-corrected chi connectivity index (χ0v) is 14.0. The van der Waals surface area contributed by atoms with Gasteiger partial charge in [0.2, 0.25) is 0 Å². The number of rotatable bonds is 6. The van der Waals surface area contributed by atoms with Crippen molar-refractivity contribution in [3.05, 3.63) is 70.8 Å². The summed E-state index contributed by atoms with van der Waals surface area (Å²) in [6.07, 6.45) is 1.11. The van der Waals surface area contributed by atoms with Gasteiger partial charge >= 0.3 is 5.97 Å². The van der Waals surface area contributed by atoms with Gasteiger partial charge in [-0.3, -0.25) is 4.90 Å². The number of hydrogen-bond donors (Lipinski definition) is 2. The van der Waals surface area contributed by atoms with E-state index in [1.807, 2.05) is 6.07 Å². The van der Waals surface area contributed by atoms with Crippen molar-refractivity contribution >= 4 is 5.97 Å². The molecule has 0 saturated carbocycles. The van der Waals surface area contributed by atoms with E-state index in [1.165, 1.54) is 11.1 Å². The standard InChI is InChI=1S/C20H24N2O2/c1-15(22-10-9-17-6-2-3-7-19(17)14-22)12-21-13-16-5-4-8-18(11-16)20(23)24/h2-8,11,15,21H,9-10,12-14H2,1H3,(H,23,24). The molecule has 0 fully saturated rings. The molecule has 1 atom stereocenters. The molecular weight excluding hydrogens is 300 g/mol. The molecule has 126 valence electrons. The van der Waals surface area contributed by atoms with E-state index in [9.17, 15) is 4.79 Å². The van der Waals surface area contributed by atoms with Crippen LogP contribution in [0.25, 0.3) is 0 Å². The summed E-state index contributed by atoms with van der Waals surface area (Å²) in [5, 5.41) is 12.5. The number of carboxylic acids is 1. The van der Waals surface area contributed by atoms with Crippen molar-refractivity contribution in [1.29, 1.82) is 0 Å². The zero-order chi connectivity index (χ0) is 16.9. The summed E-state index contributed by atoms with van der Waals surface area (Å²) in [7, 11) is 0. The van der Waals surface area contributed by atoms with Gasteiger partial charge in [-0.1, -0.05) is 36.4 Å². The first-order valence-corrected chi connectivity index (χ1v) is 8.47. The van der Waals surface area contributed by atoms with Gasteiger partial charge in [-0.2, -0.15) is 0 Å². The molecule has 0 spiro atoms. The third-order valence-corrected chi connectivity index (χ3v) is 4.73. The second-order valence-corrected chi connectivity index (χ2v) is 6.47. The Morgan fingerprint density at radius 2 is 2.00 bits per heavy atom. The maximum absolute atomic E-state index is 11.0. The van der Waals surface area contributed by atoms with Gasteiger partial charge in [0.15, 0.2) is 0 Å². The van der Waals surface area contributed by atoms with Crippen LogP contribution < -0.4 is 5.32 Å². The van der Waals surface area contributed by atoms with Crippen LogP contribution in [0, 0.1) is 0 Å². The molecule has 2 aromatic rings. The van der Waals surface area contributed by atoms with Crippen molar-refractivity contribution in [2.24, 2.45) is 0 Å². The quantitative estimate of drug-likeness (QED) is 0.858. The predicted octanol–water partition coefficient (Wildman–Crippen LogP) is 2.92. The highest BCUT2D eigenvalue weighted by Gasteiger charge is 2.19. The van der Waals surface area contributed by atoms with Crippen LogP contribution in [0.15, 0.2) is 48.5 Å². The fraction of sp³-hybridized carbons (Fsp3) is 0.350. The summed E-state index contributed by atoms with van der Waals surface area (Å²) in [4.78, 5) is 13.5. The smallest absolute Gasteiger partial charge is 0.335 e. The third kappa shape index (κ3) is 4.02. The number of carboxylic acid groups (broad SMARTS) is 1. The molecule has 1 heterocycles. The lowest BCUT2D eigenvalue weighted by Gasteiger charge is -2.33. The minimum Gasteiger partial charge on any atom is -0.478 e. The number of carbonyl (C=O) groups is 1. The maximum atomic E-state index is 11.0. The van der Waals surface area contributed by atoms with Crippen LogP contribution in [0.5, 0.6) is 0 Å². The molecule has 0 amide bonds. The lowest BCUT2D eigenvalue weighted by molar-refractivity contribution is 0.0696. The summed E-state index contributed by atoms with van der Waals surface area (Å²) in [6.45, 7) is 5.92. The second-order valence-electron chi connectivity index (χ2n) is 6.47. The molecule has 0 radical (unpaired) electrons. The van der Waals surface area contributed by atoms with E-state index in [1.54, 1.807) is 18.2 Å². The van der Waals surface area contributed by atoms with Crippen molar-refractivity contribution in [2.75, 3.05) is 13.1 Å². The molecule has 1 aliphatic rings. The summed E-state index contributed by atoms with van der Waals surface area (Å²) >= 11 is 0. The Hall–Kier alpha value is -2.17. The number of benzene rings is 2. The van der Waals surface area contributed by atoms with Gasteiger partial charge in [0.1, 0.15) is 0 Å². The highest BCUT2D eigenvalue weighted by molar-refractivity contribution is 5.87. The molecule has 2 aromatic carbocycles. The highest BCUT2D eigenvalue weighted by atomic mass is 16.4. The minimum absolute atomic E-state index is 0.343. The van der Waals surface area contributed by atoms with Gasteiger partial charge in [-0.15, -0.1) is 0 Å². The van der Waals surface area contributed by atoms with Crippen LogP contribution in [-0.4, -0.2) is 35.1 Å². The SMILES string of the molecule is CC(CNCc1cccc(C(=O)O)c1)N1CCc2ccccc2C1. The van der Waals surface area contributed by atoms with Crippen LogP contribution in [0.1, 0.15) is 34.0 Å². The fourth-order valence-corrected chi connectivity index (χ4v) is 3.26. The third-order valence-electron chi connectivity index (χ3n) is 4.73. The van der Waals surface area contributed by atoms with E-state index >= 15 is 0 Å². The molecule has 24 heavy (non-hydrogen) atoms.